The van der Waals surface area contributed by atoms with Gasteiger partial charge in [0.1, 0.15) is 0 Å². The van der Waals surface area contributed by atoms with Gasteiger partial charge in [0.05, 0.1) is 5.92 Å². The van der Waals surface area contributed by atoms with Crippen molar-refractivity contribution in [3.63, 3.8) is 0 Å². The van der Waals surface area contributed by atoms with E-state index in [9.17, 15) is 4.79 Å². The molecule has 4 heteroatoms. The molecular weight excluding hydrogens is 228 g/mol. The Kier molecular flexibility index (Phi) is 7.28. The fourth-order valence-electron chi connectivity index (χ4n) is 2.54. The summed E-state index contributed by atoms with van der Waals surface area (Å²) in [6, 6.07) is 0. The molecule has 1 aliphatic heterocycles. The van der Waals surface area contributed by atoms with E-state index >= 15 is 0 Å². The van der Waals surface area contributed by atoms with Crippen molar-refractivity contribution in [2.24, 2.45) is 5.92 Å². The minimum atomic E-state index is -0.686. The predicted octanol–water partition coefficient (Wildman–Crippen LogP) is 1.91. The molecule has 0 aromatic carbocycles. The van der Waals surface area contributed by atoms with Gasteiger partial charge in [-0.3, -0.25) is 4.79 Å². The lowest BCUT2D eigenvalue weighted by Crippen LogP contribution is -2.40. The number of hydrogen-bond donors (Lipinski definition) is 1. The lowest BCUT2D eigenvalue weighted by molar-refractivity contribution is -0.141. The Balaban J connectivity index is 2.29. The summed E-state index contributed by atoms with van der Waals surface area (Å²) >= 11 is 0. The zero-order chi connectivity index (χ0) is 13.4. The molecule has 1 heterocycles. The van der Waals surface area contributed by atoms with Crippen LogP contribution in [0.2, 0.25) is 0 Å². The van der Waals surface area contributed by atoms with Crippen molar-refractivity contribution in [2.45, 2.75) is 39.5 Å². The van der Waals surface area contributed by atoms with E-state index < -0.39 is 5.97 Å². The van der Waals surface area contributed by atoms with Gasteiger partial charge in [-0.1, -0.05) is 20.3 Å². The molecule has 1 N–H and O–H groups in total. The molecule has 1 saturated heterocycles. The standard InChI is InChI=1S/C14H28N2O2/c1-3-7-16(12-13(2)14(17)18)11-10-15-8-5-4-6-9-15/h13H,3-12H2,1-2H3,(H,17,18). The largest absolute Gasteiger partial charge is 0.481 e. The van der Waals surface area contributed by atoms with Crippen LogP contribution in [0.25, 0.3) is 0 Å². The van der Waals surface area contributed by atoms with Gasteiger partial charge in [-0.25, -0.2) is 0 Å². The van der Waals surface area contributed by atoms with Crippen molar-refractivity contribution in [3.05, 3.63) is 0 Å². The van der Waals surface area contributed by atoms with Gasteiger partial charge < -0.3 is 14.9 Å². The summed E-state index contributed by atoms with van der Waals surface area (Å²) in [5.74, 6) is -0.952. The molecule has 1 atom stereocenters. The van der Waals surface area contributed by atoms with Crippen LogP contribution in [0.5, 0.6) is 0 Å². The first-order chi connectivity index (χ1) is 8.63. The first-order valence-electron chi connectivity index (χ1n) is 7.31. The topological polar surface area (TPSA) is 43.8 Å². The van der Waals surface area contributed by atoms with Gasteiger partial charge in [-0.2, -0.15) is 0 Å². The second kappa shape index (κ2) is 8.48. The number of aliphatic carboxylic acids is 1. The molecule has 0 bridgehead atoms. The number of carboxylic acid groups (broad SMARTS) is 1. The Morgan fingerprint density at radius 3 is 2.50 bits per heavy atom. The van der Waals surface area contributed by atoms with Crippen LogP contribution in [-0.4, -0.2) is 60.1 Å². The highest BCUT2D eigenvalue weighted by molar-refractivity contribution is 5.69. The number of likely N-dealkylation sites (tertiary alicyclic amines) is 1. The van der Waals surface area contributed by atoms with E-state index in [2.05, 4.69) is 16.7 Å². The van der Waals surface area contributed by atoms with Crippen molar-refractivity contribution in [1.29, 1.82) is 0 Å². The highest BCUT2D eigenvalue weighted by Gasteiger charge is 2.17. The molecule has 18 heavy (non-hydrogen) atoms. The molecule has 1 aliphatic rings. The lowest BCUT2D eigenvalue weighted by atomic mass is 10.1. The summed E-state index contributed by atoms with van der Waals surface area (Å²) in [7, 11) is 0. The lowest BCUT2D eigenvalue weighted by Gasteiger charge is -2.30. The van der Waals surface area contributed by atoms with E-state index in [1.165, 1.54) is 32.4 Å². The molecule has 0 radical (unpaired) electrons. The summed E-state index contributed by atoms with van der Waals surface area (Å²) in [6.07, 6.45) is 5.09. The number of piperidine rings is 1. The molecule has 0 aliphatic carbocycles. The van der Waals surface area contributed by atoms with Gasteiger partial charge in [0, 0.05) is 19.6 Å². The molecular formula is C14H28N2O2. The molecule has 1 rings (SSSR count). The molecule has 0 amide bonds. The molecule has 0 aromatic rings. The van der Waals surface area contributed by atoms with Gasteiger partial charge >= 0.3 is 5.97 Å². The number of hydrogen-bond acceptors (Lipinski definition) is 3. The van der Waals surface area contributed by atoms with E-state index in [0.717, 1.165) is 26.1 Å². The van der Waals surface area contributed by atoms with Crippen LogP contribution in [-0.2, 0) is 4.79 Å². The average Bonchev–Trinajstić information content (AvgIpc) is 2.37. The molecule has 4 nitrogen and oxygen atoms in total. The van der Waals surface area contributed by atoms with Crippen molar-refractivity contribution < 1.29 is 9.90 Å². The van der Waals surface area contributed by atoms with Crippen LogP contribution in [0, 0.1) is 5.92 Å². The van der Waals surface area contributed by atoms with E-state index in [-0.39, 0.29) is 5.92 Å². The Morgan fingerprint density at radius 2 is 1.94 bits per heavy atom. The normalized spacial score (nSPS) is 19.1. The molecule has 106 valence electrons. The first-order valence-corrected chi connectivity index (χ1v) is 7.31. The fourth-order valence-corrected chi connectivity index (χ4v) is 2.54. The highest BCUT2D eigenvalue weighted by atomic mass is 16.4. The average molecular weight is 256 g/mol. The zero-order valence-electron chi connectivity index (χ0n) is 11.9. The Bertz CT molecular complexity index is 240. The first kappa shape index (κ1) is 15.4. The van der Waals surface area contributed by atoms with Crippen molar-refractivity contribution in [1.82, 2.24) is 9.80 Å². The highest BCUT2D eigenvalue weighted by Crippen LogP contribution is 2.09. The monoisotopic (exact) mass is 256 g/mol. The minimum absolute atomic E-state index is 0.266. The van der Waals surface area contributed by atoms with Crippen molar-refractivity contribution >= 4 is 5.97 Å². The smallest absolute Gasteiger partial charge is 0.307 e. The minimum Gasteiger partial charge on any atom is -0.481 e. The maximum Gasteiger partial charge on any atom is 0.307 e. The van der Waals surface area contributed by atoms with Crippen LogP contribution >= 0.6 is 0 Å². The SMILES string of the molecule is CCCN(CCN1CCCCC1)CC(C)C(=O)O. The summed E-state index contributed by atoms with van der Waals surface area (Å²) in [5, 5.41) is 8.98. The Hall–Kier alpha value is -0.610. The second-order valence-corrected chi connectivity index (χ2v) is 5.44. The van der Waals surface area contributed by atoms with Crippen LogP contribution < -0.4 is 0 Å². The zero-order valence-corrected chi connectivity index (χ0v) is 11.9. The third-order valence-corrected chi connectivity index (χ3v) is 3.67. The van der Waals surface area contributed by atoms with Gasteiger partial charge in [0.15, 0.2) is 0 Å². The summed E-state index contributed by atoms with van der Waals surface area (Å²) < 4.78 is 0. The Morgan fingerprint density at radius 1 is 1.28 bits per heavy atom. The summed E-state index contributed by atoms with van der Waals surface area (Å²) in [4.78, 5) is 15.7. The van der Waals surface area contributed by atoms with Crippen LogP contribution in [0.4, 0.5) is 0 Å². The molecule has 0 aromatic heterocycles. The predicted molar refractivity (Wildman–Crippen MR) is 73.8 cm³/mol. The number of carbonyl (C=O) groups is 1. The van der Waals surface area contributed by atoms with E-state index in [1.54, 1.807) is 6.92 Å². The van der Waals surface area contributed by atoms with Gasteiger partial charge in [0.2, 0.25) is 0 Å². The third-order valence-electron chi connectivity index (χ3n) is 3.67. The molecule has 1 unspecified atom stereocenters. The fraction of sp³-hybridized carbons (Fsp3) is 0.929. The van der Waals surface area contributed by atoms with E-state index in [1.807, 2.05) is 0 Å². The molecule has 0 saturated carbocycles. The van der Waals surface area contributed by atoms with Gasteiger partial charge in [0.25, 0.3) is 0 Å². The molecule has 0 spiro atoms. The van der Waals surface area contributed by atoms with Gasteiger partial charge in [-0.05, 0) is 38.9 Å². The van der Waals surface area contributed by atoms with Crippen LogP contribution in [0.1, 0.15) is 39.5 Å². The van der Waals surface area contributed by atoms with Crippen LogP contribution in [0.3, 0.4) is 0 Å². The second-order valence-electron chi connectivity index (χ2n) is 5.44. The van der Waals surface area contributed by atoms with E-state index in [0.29, 0.717) is 6.54 Å². The molecule has 1 fully saturated rings. The number of nitrogens with zero attached hydrogens (tertiary/aromatic N) is 2. The van der Waals surface area contributed by atoms with Crippen molar-refractivity contribution in [3.8, 4) is 0 Å². The third kappa shape index (κ3) is 5.83. The maximum absolute atomic E-state index is 10.9. The van der Waals surface area contributed by atoms with E-state index in [4.69, 9.17) is 5.11 Å². The number of carboxylic acids is 1. The Labute approximate surface area is 111 Å². The quantitative estimate of drug-likeness (QED) is 0.720. The summed E-state index contributed by atoms with van der Waals surface area (Å²) in [6.45, 7) is 10.2. The van der Waals surface area contributed by atoms with Crippen molar-refractivity contribution in [2.75, 3.05) is 39.3 Å². The summed E-state index contributed by atoms with van der Waals surface area (Å²) in [5.41, 5.74) is 0. The number of rotatable bonds is 8. The maximum atomic E-state index is 10.9. The van der Waals surface area contributed by atoms with Crippen LogP contribution in [0.15, 0.2) is 0 Å². The van der Waals surface area contributed by atoms with Gasteiger partial charge in [-0.15, -0.1) is 0 Å².